The summed E-state index contributed by atoms with van der Waals surface area (Å²) in [6.07, 6.45) is 11.8. The smallest absolute Gasteiger partial charge is 0.0195 e. The van der Waals surface area contributed by atoms with Crippen LogP contribution in [0.4, 0.5) is 0 Å². The van der Waals surface area contributed by atoms with Crippen molar-refractivity contribution in [3.8, 4) is 0 Å². The summed E-state index contributed by atoms with van der Waals surface area (Å²) in [5, 5.41) is 3.66. The quantitative estimate of drug-likeness (QED) is 0.763. The molecule has 0 amide bonds. The lowest BCUT2D eigenvalue weighted by molar-refractivity contribution is 0.205. The molecule has 0 aromatic heterocycles. The monoisotopic (exact) mass is 236 g/mol. The molecule has 1 atom stereocenters. The van der Waals surface area contributed by atoms with Gasteiger partial charge in [0.25, 0.3) is 0 Å². The molecule has 1 unspecified atom stereocenters. The van der Waals surface area contributed by atoms with Gasteiger partial charge >= 0.3 is 0 Å². The molecule has 3 fully saturated rings. The number of rotatable bonds is 6. The average Bonchev–Trinajstić information content (AvgIpc) is 2.82. The number of hydrogen-bond donors (Lipinski definition) is 1. The molecule has 1 saturated heterocycles. The zero-order chi connectivity index (χ0) is 11.5. The zero-order valence-electron chi connectivity index (χ0n) is 11.2. The van der Waals surface area contributed by atoms with Crippen LogP contribution in [0.2, 0.25) is 0 Å². The lowest BCUT2D eigenvalue weighted by Crippen LogP contribution is -2.40. The fourth-order valence-corrected chi connectivity index (χ4v) is 3.67. The minimum Gasteiger partial charge on any atom is -0.313 e. The molecular weight excluding hydrogens is 208 g/mol. The van der Waals surface area contributed by atoms with Crippen LogP contribution in [0.1, 0.15) is 51.4 Å². The molecule has 0 aromatic carbocycles. The Kier molecular flexibility index (Phi) is 4.02. The standard InChI is InChI=1S/C15H28N2/c1-2-5-13(4-1)10-17(11-14-7-8-14)12-15-6-3-9-16-15/h13-16H,1-12H2. The van der Waals surface area contributed by atoms with Gasteiger partial charge in [-0.3, -0.25) is 0 Å². The second kappa shape index (κ2) is 5.71. The molecular formula is C15H28N2. The van der Waals surface area contributed by atoms with Crippen LogP contribution in [0.25, 0.3) is 0 Å². The molecule has 17 heavy (non-hydrogen) atoms. The van der Waals surface area contributed by atoms with Crippen LogP contribution in [0, 0.1) is 11.8 Å². The Morgan fingerprint density at radius 2 is 1.47 bits per heavy atom. The van der Waals surface area contributed by atoms with E-state index in [2.05, 4.69) is 10.2 Å². The van der Waals surface area contributed by atoms with Gasteiger partial charge in [-0.25, -0.2) is 0 Å². The van der Waals surface area contributed by atoms with Crippen molar-refractivity contribution in [2.24, 2.45) is 11.8 Å². The summed E-state index contributed by atoms with van der Waals surface area (Å²) >= 11 is 0. The third kappa shape index (κ3) is 3.69. The highest BCUT2D eigenvalue weighted by molar-refractivity contribution is 4.84. The molecule has 0 radical (unpaired) electrons. The van der Waals surface area contributed by atoms with Crippen LogP contribution < -0.4 is 5.32 Å². The van der Waals surface area contributed by atoms with Gasteiger partial charge in [-0.05, 0) is 56.9 Å². The van der Waals surface area contributed by atoms with Gasteiger partial charge in [0.2, 0.25) is 0 Å². The Bertz CT molecular complexity index is 207. The molecule has 0 aromatic rings. The highest BCUT2D eigenvalue weighted by atomic mass is 15.2. The highest BCUT2D eigenvalue weighted by Gasteiger charge is 2.28. The van der Waals surface area contributed by atoms with E-state index in [1.807, 2.05) is 0 Å². The molecule has 2 saturated carbocycles. The van der Waals surface area contributed by atoms with E-state index in [-0.39, 0.29) is 0 Å². The fraction of sp³-hybridized carbons (Fsp3) is 1.00. The van der Waals surface area contributed by atoms with Crippen LogP contribution >= 0.6 is 0 Å². The minimum atomic E-state index is 0.801. The first-order chi connectivity index (χ1) is 8.40. The summed E-state index contributed by atoms with van der Waals surface area (Å²) in [7, 11) is 0. The molecule has 1 heterocycles. The van der Waals surface area contributed by atoms with Gasteiger partial charge in [0.1, 0.15) is 0 Å². The van der Waals surface area contributed by atoms with Gasteiger partial charge in [0, 0.05) is 25.7 Å². The minimum absolute atomic E-state index is 0.801. The van der Waals surface area contributed by atoms with Crippen LogP contribution in [0.3, 0.4) is 0 Å². The second-order valence-electron chi connectivity index (χ2n) is 6.61. The molecule has 0 spiro atoms. The van der Waals surface area contributed by atoms with E-state index in [9.17, 15) is 0 Å². The molecule has 3 aliphatic rings. The van der Waals surface area contributed by atoms with E-state index in [0.717, 1.165) is 17.9 Å². The first-order valence-electron chi connectivity index (χ1n) is 7.86. The maximum absolute atomic E-state index is 3.66. The van der Waals surface area contributed by atoms with E-state index < -0.39 is 0 Å². The Labute approximate surface area is 106 Å². The van der Waals surface area contributed by atoms with Gasteiger partial charge in [0.15, 0.2) is 0 Å². The summed E-state index contributed by atoms with van der Waals surface area (Å²) in [6.45, 7) is 5.38. The van der Waals surface area contributed by atoms with E-state index >= 15 is 0 Å². The SMILES string of the molecule is C1CCC(CN(CC2CC2)CC2CCCN2)C1. The summed E-state index contributed by atoms with van der Waals surface area (Å²) < 4.78 is 0. The van der Waals surface area contributed by atoms with Gasteiger partial charge in [-0.1, -0.05) is 12.8 Å². The first kappa shape index (κ1) is 12.0. The van der Waals surface area contributed by atoms with Crippen molar-refractivity contribution in [1.29, 1.82) is 0 Å². The predicted octanol–water partition coefficient (Wildman–Crippen LogP) is 2.64. The van der Waals surface area contributed by atoms with Gasteiger partial charge in [-0.2, -0.15) is 0 Å². The molecule has 2 heteroatoms. The third-order valence-corrected chi connectivity index (χ3v) is 4.85. The first-order valence-corrected chi connectivity index (χ1v) is 7.86. The normalized spacial score (nSPS) is 30.5. The molecule has 3 rings (SSSR count). The summed E-state index contributed by atoms with van der Waals surface area (Å²) in [4.78, 5) is 2.80. The van der Waals surface area contributed by atoms with Crippen LogP contribution in [0.5, 0.6) is 0 Å². The van der Waals surface area contributed by atoms with Crippen LogP contribution in [-0.2, 0) is 0 Å². The molecule has 1 aliphatic heterocycles. The predicted molar refractivity (Wildman–Crippen MR) is 72.1 cm³/mol. The van der Waals surface area contributed by atoms with Gasteiger partial charge in [-0.15, -0.1) is 0 Å². The van der Waals surface area contributed by atoms with Crippen molar-refractivity contribution in [2.75, 3.05) is 26.2 Å². The second-order valence-corrected chi connectivity index (χ2v) is 6.61. The Morgan fingerprint density at radius 3 is 2.06 bits per heavy atom. The molecule has 1 N–H and O–H groups in total. The van der Waals surface area contributed by atoms with Crippen molar-refractivity contribution in [2.45, 2.75) is 57.4 Å². The van der Waals surface area contributed by atoms with Gasteiger partial charge < -0.3 is 10.2 Å². The maximum Gasteiger partial charge on any atom is 0.0195 e. The van der Waals surface area contributed by atoms with E-state index in [0.29, 0.717) is 0 Å². The van der Waals surface area contributed by atoms with Crippen molar-refractivity contribution in [3.05, 3.63) is 0 Å². The lowest BCUT2D eigenvalue weighted by atomic mass is 10.1. The van der Waals surface area contributed by atoms with E-state index in [1.165, 1.54) is 77.5 Å². The summed E-state index contributed by atoms with van der Waals surface area (Å²) in [5.74, 6) is 2.08. The van der Waals surface area contributed by atoms with Crippen LogP contribution in [0.15, 0.2) is 0 Å². The Morgan fingerprint density at radius 1 is 0.765 bits per heavy atom. The van der Waals surface area contributed by atoms with Crippen LogP contribution in [-0.4, -0.2) is 37.1 Å². The largest absolute Gasteiger partial charge is 0.313 e. The number of nitrogens with one attached hydrogen (secondary N) is 1. The zero-order valence-corrected chi connectivity index (χ0v) is 11.2. The average molecular weight is 236 g/mol. The van der Waals surface area contributed by atoms with Crippen molar-refractivity contribution in [1.82, 2.24) is 10.2 Å². The third-order valence-electron chi connectivity index (χ3n) is 4.85. The van der Waals surface area contributed by atoms with Crippen molar-refractivity contribution >= 4 is 0 Å². The lowest BCUT2D eigenvalue weighted by Gasteiger charge is -2.28. The van der Waals surface area contributed by atoms with Gasteiger partial charge in [0.05, 0.1) is 0 Å². The fourth-order valence-electron chi connectivity index (χ4n) is 3.67. The molecule has 0 bridgehead atoms. The Balaban J connectivity index is 1.47. The van der Waals surface area contributed by atoms with E-state index in [4.69, 9.17) is 0 Å². The Hall–Kier alpha value is -0.0800. The van der Waals surface area contributed by atoms with Crippen molar-refractivity contribution in [3.63, 3.8) is 0 Å². The highest BCUT2D eigenvalue weighted by Crippen LogP contribution is 2.32. The molecule has 98 valence electrons. The number of hydrogen-bond acceptors (Lipinski definition) is 2. The molecule has 2 nitrogen and oxygen atoms in total. The summed E-state index contributed by atoms with van der Waals surface area (Å²) in [6, 6.07) is 0.801. The number of nitrogens with zero attached hydrogens (tertiary/aromatic N) is 1. The molecule has 2 aliphatic carbocycles. The topological polar surface area (TPSA) is 15.3 Å². The van der Waals surface area contributed by atoms with Crippen molar-refractivity contribution < 1.29 is 0 Å². The van der Waals surface area contributed by atoms with E-state index in [1.54, 1.807) is 0 Å². The maximum atomic E-state index is 3.66. The summed E-state index contributed by atoms with van der Waals surface area (Å²) in [5.41, 5.74) is 0.